The molecule has 1 heterocycles. The zero-order valence-electron chi connectivity index (χ0n) is 11.1. The van der Waals surface area contributed by atoms with Gasteiger partial charge in [-0.2, -0.15) is 5.10 Å². The van der Waals surface area contributed by atoms with Crippen molar-refractivity contribution in [2.24, 2.45) is 0 Å². The van der Waals surface area contributed by atoms with Crippen LogP contribution in [0.4, 0.5) is 0 Å². The Labute approximate surface area is 118 Å². The number of benzene rings is 1. The minimum absolute atomic E-state index is 0.0695. The molecule has 1 aliphatic rings. The summed E-state index contributed by atoms with van der Waals surface area (Å²) in [7, 11) is -3.46. The van der Waals surface area contributed by atoms with E-state index < -0.39 is 10.0 Å². The van der Waals surface area contributed by atoms with Crippen LogP contribution in [0.1, 0.15) is 25.7 Å². The molecule has 1 aromatic carbocycles. The summed E-state index contributed by atoms with van der Waals surface area (Å²) in [5, 5.41) is 4.12. The summed E-state index contributed by atoms with van der Waals surface area (Å²) >= 11 is 0. The third-order valence-electron chi connectivity index (χ3n) is 3.57. The van der Waals surface area contributed by atoms with Gasteiger partial charge in [0.1, 0.15) is 4.90 Å². The molecule has 20 heavy (non-hydrogen) atoms. The zero-order valence-corrected chi connectivity index (χ0v) is 11.9. The lowest BCUT2D eigenvalue weighted by molar-refractivity contribution is 0.552. The first-order valence-corrected chi connectivity index (χ1v) is 8.26. The molecule has 0 unspecified atom stereocenters. The second-order valence-electron chi connectivity index (χ2n) is 5.06. The molecule has 0 bridgehead atoms. The molecule has 0 saturated heterocycles. The molecule has 1 fully saturated rings. The van der Waals surface area contributed by atoms with E-state index >= 15 is 0 Å². The Morgan fingerprint density at radius 3 is 2.55 bits per heavy atom. The van der Waals surface area contributed by atoms with Crippen molar-refractivity contribution in [1.82, 2.24) is 14.5 Å². The van der Waals surface area contributed by atoms with Gasteiger partial charge in [-0.1, -0.05) is 31.0 Å². The van der Waals surface area contributed by atoms with E-state index in [2.05, 4.69) is 9.82 Å². The predicted octanol–water partition coefficient (Wildman–Crippen LogP) is 2.09. The maximum atomic E-state index is 12.3. The van der Waals surface area contributed by atoms with Crippen LogP contribution in [0.5, 0.6) is 0 Å². The lowest BCUT2D eigenvalue weighted by Gasteiger charge is -2.10. The number of rotatable bonds is 4. The van der Waals surface area contributed by atoms with E-state index in [0.717, 1.165) is 31.4 Å². The van der Waals surface area contributed by atoms with E-state index in [-0.39, 0.29) is 10.9 Å². The minimum atomic E-state index is -3.46. The monoisotopic (exact) mass is 291 g/mol. The summed E-state index contributed by atoms with van der Waals surface area (Å²) in [4.78, 5) is 0.216. The van der Waals surface area contributed by atoms with Crippen LogP contribution in [0.25, 0.3) is 5.69 Å². The summed E-state index contributed by atoms with van der Waals surface area (Å²) in [6.45, 7) is 0. The Kier molecular flexibility index (Phi) is 3.58. The molecule has 0 aliphatic heterocycles. The Bertz CT molecular complexity index is 673. The van der Waals surface area contributed by atoms with Crippen molar-refractivity contribution >= 4 is 10.0 Å². The van der Waals surface area contributed by atoms with Gasteiger partial charge >= 0.3 is 0 Å². The summed E-state index contributed by atoms with van der Waals surface area (Å²) in [5.41, 5.74) is 0.842. The van der Waals surface area contributed by atoms with Crippen LogP contribution < -0.4 is 4.72 Å². The molecule has 1 N–H and O–H groups in total. The van der Waals surface area contributed by atoms with Crippen LogP contribution in [-0.4, -0.2) is 24.2 Å². The quantitative estimate of drug-likeness (QED) is 0.938. The molecule has 0 radical (unpaired) electrons. The molecule has 5 nitrogen and oxygen atoms in total. The first kappa shape index (κ1) is 13.3. The Morgan fingerprint density at radius 2 is 1.85 bits per heavy atom. The maximum absolute atomic E-state index is 12.3. The number of hydrogen-bond donors (Lipinski definition) is 1. The van der Waals surface area contributed by atoms with Crippen LogP contribution in [-0.2, 0) is 10.0 Å². The number of nitrogens with one attached hydrogen (secondary N) is 1. The van der Waals surface area contributed by atoms with Crippen molar-refractivity contribution in [3.63, 3.8) is 0 Å². The highest BCUT2D eigenvalue weighted by Gasteiger charge is 2.24. The van der Waals surface area contributed by atoms with E-state index in [9.17, 15) is 8.42 Å². The largest absolute Gasteiger partial charge is 0.243 e. The first-order chi connectivity index (χ1) is 9.65. The third-order valence-corrected chi connectivity index (χ3v) is 5.04. The SMILES string of the molecule is O=S(=O)(NC1CCCC1)c1cnn(-c2ccccc2)c1. The van der Waals surface area contributed by atoms with Gasteiger partial charge in [-0.15, -0.1) is 0 Å². The highest BCUT2D eigenvalue weighted by molar-refractivity contribution is 7.89. The fraction of sp³-hybridized carbons (Fsp3) is 0.357. The summed E-state index contributed by atoms with van der Waals surface area (Å²) in [6.07, 6.45) is 6.97. The Balaban J connectivity index is 1.82. The number of sulfonamides is 1. The molecule has 2 aromatic rings. The molecule has 3 rings (SSSR count). The topological polar surface area (TPSA) is 64.0 Å². The van der Waals surface area contributed by atoms with Crippen molar-refractivity contribution < 1.29 is 8.42 Å². The number of nitrogens with zero attached hydrogens (tertiary/aromatic N) is 2. The molecule has 0 amide bonds. The number of hydrogen-bond acceptors (Lipinski definition) is 3. The fourth-order valence-electron chi connectivity index (χ4n) is 2.50. The second kappa shape index (κ2) is 5.38. The lowest BCUT2D eigenvalue weighted by Crippen LogP contribution is -2.32. The molecule has 106 valence electrons. The standard InChI is InChI=1S/C14H17N3O2S/c18-20(19,16-12-6-4-5-7-12)14-10-15-17(11-14)13-8-2-1-3-9-13/h1-3,8-12,16H,4-7H2. The van der Waals surface area contributed by atoms with E-state index in [1.807, 2.05) is 30.3 Å². The van der Waals surface area contributed by atoms with Crippen molar-refractivity contribution in [3.05, 3.63) is 42.7 Å². The molecular formula is C14H17N3O2S. The van der Waals surface area contributed by atoms with E-state index in [1.54, 1.807) is 10.9 Å². The van der Waals surface area contributed by atoms with Crippen LogP contribution in [0.15, 0.2) is 47.6 Å². The van der Waals surface area contributed by atoms with Gasteiger partial charge in [-0.25, -0.2) is 17.8 Å². The highest BCUT2D eigenvalue weighted by Crippen LogP contribution is 2.20. The van der Waals surface area contributed by atoms with Crippen LogP contribution in [0.2, 0.25) is 0 Å². The molecule has 6 heteroatoms. The van der Waals surface area contributed by atoms with Gasteiger partial charge in [0.15, 0.2) is 0 Å². The number of para-hydroxylation sites is 1. The average Bonchev–Trinajstić information content (AvgIpc) is 3.10. The predicted molar refractivity (Wildman–Crippen MR) is 76.1 cm³/mol. The normalized spacial score (nSPS) is 16.6. The molecular weight excluding hydrogens is 274 g/mol. The molecule has 0 spiro atoms. The summed E-state index contributed by atoms with van der Waals surface area (Å²) in [6, 6.07) is 9.53. The third kappa shape index (κ3) is 2.76. The second-order valence-corrected chi connectivity index (χ2v) is 6.77. The van der Waals surface area contributed by atoms with Gasteiger partial charge in [0, 0.05) is 6.04 Å². The van der Waals surface area contributed by atoms with Crippen molar-refractivity contribution in [2.75, 3.05) is 0 Å². The van der Waals surface area contributed by atoms with Gasteiger partial charge in [-0.05, 0) is 25.0 Å². The van der Waals surface area contributed by atoms with Crippen LogP contribution >= 0.6 is 0 Å². The number of aromatic nitrogens is 2. The molecule has 1 aromatic heterocycles. The van der Waals surface area contributed by atoms with Gasteiger partial charge < -0.3 is 0 Å². The zero-order chi connectivity index (χ0) is 14.0. The fourth-order valence-corrected chi connectivity index (χ4v) is 3.73. The smallest absolute Gasteiger partial charge is 0.240 e. The van der Waals surface area contributed by atoms with E-state index in [4.69, 9.17) is 0 Å². The van der Waals surface area contributed by atoms with E-state index in [1.165, 1.54) is 6.20 Å². The Hall–Kier alpha value is -1.66. The summed E-state index contributed by atoms with van der Waals surface area (Å²) in [5.74, 6) is 0. The molecule has 1 aliphatic carbocycles. The van der Waals surface area contributed by atoms with E-state index in [0.29, 0.717) is 0 Å². The van der Waals surface area contributed by atoms with Gasteiger partial charge in [-0.3, -0.25) is 0 Å². The van der Waals surface area contributed by atoms with Gasteiger partial charge in [0.2, 0.25) is 10.0 Å². The van der Waals surface area contributed by atoms with Crippen molar-refractivity contribution in [2.45, 2.75) is 36.6 Å². The highest BCUT2D eigenvalue weighted by atomic mass is 32.2. The molecule has 0 atom stereocenters. The van der Waals surface area contributed by atoms with Gasteiger partial charge in [0.05, 0.1) is 18.1 Å². The first-order valence-electron chi connectivity index (χ1n) is 6.77. The van der Waals surface area contributed by atoms with Crippen molar-refractivity contribution in [1.29, 1.82) is 0 Å². The molecule has 1 saturated carbocycles. The van der Waals surface area contributed by atoms with Gasteiger partial charge in [0.25, 0.3) is 0 Å². The minimum Gasteiger partial charge on any atom is -0.240 e. The Morgan fingerprint density at radius 1 is 1.15 bits per heavy atom. The van der Waals surface area contributed by atoms with Crippen molar-refractivity contribution in [3.8, 4) is 5.69 Å². The van der Waals surface area contributed by atoms with Crippen LogP contribution in [0.3, 0.4) is 0 Å². The lowest BCUT2D eigenvalue weighted by atomic mass is 10.3. The van der Waals surface area contributed by atoms with Crippen LogP contribution in [0, 0.1) is 0 Å². The summed E-state index contributed by atoms with van der Waals surface area (Å²) < 4.78 is 28.9. The average molecular weight is 291 g/mol. The maximum Gasteiger partial charge on any atom is 0.243 e.